The molecular weight excluding hydrogens is 212 g/mol. The number of Topliss-reactive ketones (excluding diaryl/α,β-unsaturated/α-hetero) is 1. The summed E-state index contributed by atoms with van der Waals surface area (Å²) in [4.78, 5) is 12.0. The molecule has 2 nitrogen and oxygen atoms in total. The largest absolute Gasteiger partial charge is 0.508 e. The molecule has 1 N–H and O–H groups in total. The van der Waals surface area contributed by atoms with Gasteiger partial charge in [-0.3, -0.25) is 4.79 Å². The average Bonchev–Trinajstić information content (AvgIpc) is 2.32. The van der Waals surface area contributed by atoms with Crippen LogP contribution in [-0.4, -0.2) is 10.9 Å². The van der Waals surface area contributed by atoms with Gasteiger partial charge in [-0.15, -0.1) is 0 Å². The normalized spacial score (nSPS) is 10.2. The SMILES string of the molecule is Cc1cccc(C(=O)Cc2ccc(O)cc2)c1. The van der Waals surface area contributed by atoms with E-state index in [0.717, 1.165) is 16.7 Å². The predicted molar refractivity (Wildman–Crippen MR) is 67.3 cm³/mol. The predicted octanol–water partition coefficient (Wildman–Crippen LogP) is 3.13. The number of ketones is 1. The van der Waals surface area contributed by atoms with Crippen LogP contribution < -0.4 is 0 Å². The summed E-state index contributed by atoms with van der Waals surface area (Å²) in [7, 11) is 0. The summed E-state index contributed by atoms with van der Waals surface area (Å²) in [5.41, 5.74) is 2.73. The van der Waals surface area contributed by atoms with Crippen LogP contribution in [0.1, 0.15) is 21.5 Å². The summed E-state index contributed by atoms with van der Waals surface area (Å²) >= 11 is 0. The molecule has 86 valence electrons. The molecule has 0 aliphatic rings. The molecule has 0 radical (unpaired) electrons. The second-order valence-electron chi connectivity index (χ2n) is 4.14. The third kappa shape index (κ3) is 2.94. The Morgan fingerprint density at radius 2 is 1.82 bits per heavy atom. The molecule has 0 amide bonds. The van der Waals surface area contributed by atoms with Crippen molar-refractivity contribution in [1.82, 2.24) is 0 Å². The maximum Gasteiger partial charge on any atom is 0.167 e. The molecule has 0 spiro atoms. The van der Waals surface area contributed by atoms with E-state index in [-0.39, 0.29) is 11.5 Å². The van der Waals surface area contributed by atoms with Gasteiger partial charge in [0.1, 0.15) is 5.75 Å². The van der Waals surface area contributed by atoms with E-state index >= 15 is 0 Å². The lowest BCUT2D eigenvalue weighted by molar-refractivity contribution is 0.0993. The number of hydrogen-bond acceptors (Lipinski definition) is 2. The van der Waals surface area contributed by atoms with Crippen LogP contribution >= 0.6 is 0 Å². The summed E-state index contributed by atoms with van der Waals surface area (Å²) in [6.07, 6.45) is 0.365. The first-order chi connectivity index (χ1) is 8.15. The molecule has 2 aromatic rings. The van der Waals surface area contributed by atoms with Gasteiger partial charge in [-0.25, -0.2) is 0 Å². The zero-order chi connectivity index (χ0) is 12.3. The van der Waals surface area contributed by atoms with Crippen molar-refractivity contribution in [3.05, 3.63) is 65.2 Å². The smallest absolute Gasteiger partial charge is 0.167 e. The lowest BCUT2D eigenvalue weighted by Crippen LogP contribution is -2.03. The maximum absolute atomic E-state index is 12.0. The fourth-order valence-corrected chi connectivity index (χ4v) is 1.72. The Morgan fingerprint density at radius 1 is 1.12 bits per heavy atom. The molecule has 0 aliphatic heterocycles. The van der Waals surface area contributed by atoms with Crippen molar-refractivity contribution in [2.24, 2.45) is 0 Å². The minimum absolute atomic E-state index is 0.0967. The van der Waals surface area contributed by atoms with Gasteiger partial charge in [-0.1, -0.05) is 35.9 Å². The van der Waals surface area contributed by atoms with Crippen molar-refractivity contribution in [2.75, 3.05) is 0 Å². The van der Waals surface area contributed by atoms with Gasteiger partial charge in [0.25, 0.3) is 0 Å². The van der Waals surface area contributed by atoms with Gasteiger partial charge in [0.05, 0.1) is 0 Å². The van der Waals surface area contributed by atoms with Crippen LogP contribution in [0.15, 0.2) is 48.5 Å². The fraction of sp³-hybridized carbons (Fsp3) is 0.133. The third-order valence-electron chi connectivity index (χ3n) is 2.64. The zero-order valence-corrected chi connectivity index (χ0v) is 9.68. The van der Waals surface area contributed by atoms with E-state index < -0.39 is 0 Å². The van der Waals surface area contributed by atoms with Crippen molar-refractivity contribution in [3.63, 3.8) is 0 Å². The van der Waals surface area contributed by atoms with Crippen LogP contribution in [-0.2, 0) is 6.42 Å². The molecule has 2 heteroatoms. The first-order valence-electron chi connectivity index (χ1n) is 5.53. The Kier molecular flexibility index (Phi) is 3.24. The molecule has 0 unspecified atom stereocenters. The number of hydrogen-bond donors (Lipinski definition) is 1. The van der Waals surface area contributed by atoms with Crippen LogP contribution in [0.2, 0.25) is 0 Å². The lowest BCUT2D eigenvalue weighted by Gasteiger charge is -2.03. The molecular formula is C15H14O2. The standard InChI is InChI=1S/C15H14O2/c1-11-3-2-4-13(9-11)15(17)10-12-5-7-14(16)8-6-12/h2-9,16H,10H2,1H3. The van der Waals surface area contributed by atoms with Gasteiger partial charge < -0.3 is 5.11 Å². The summed E-state index contributed by atoms with van der Waals surface area (Å²) < 4.78 is 0. The highest BCUT2D eigenvalue weighted by Gasteiger charge is 2.06. The highest BCUT2D eigenvalue weighted by atomic mass is 16.3. The summed E-state index contributed by atoms with van der Waals surface area (Å²) in [6.45, 7) is 1.97. The van der Waals surface area contributed by atoms with Gasteiger partial charge in [0.15, 0.2) is 5.78 Å². The number of aryl methyl sites for hydroxylation is 1. The van der Waals surface area contributed by atoms with Gasteiger partial charge in [0.2, 0.25) is 0 Å². The quantitative estimate of drug-likeness (QED) is 0.816. The molecule has 0 saturated carbocycles. The number of phenols is 1. The number of phenolic OH excluding ortho intramolecular Hbond substituents is 1. The number of carbonyl (C=O) groups is 1. The molecule has 0 aliphatic carbocycles. The average molecular weight is 226 g/mol. The van der Waals surface area contributed by atoms with Crippen molar-refractivity contribution < 1.29 is 9.90 Å². The van der Waals surface area contributed by atoms with Crippen molar-refractivity contribution >= 4 is 5.78 Å². The molecule has 0 heterocycles. The van der Waals surface area contributed by atoms with Crippen LogP contribution in [0.4, 0.5) is 0 Å². The van der Waals surface area contributed by atoms with Crippen LogP contribution in [0.5, 0.6) is 5.75 Å². The Morgan fingerprint density at radius 3 is 2.47 bits per heavy atom. The van der Waals surface area contributed by atoms with Crippen molar-refractivity contribution in [2.45, 2.75) is 13.3 Å². The number of benzene rings is 2. The maximum atomic E-state index is 12.0. The number of aromatic hydroxyl groups is 1. The highest BCUT2D eigenvalue weighted by Crippen LogP contribution is 2.13. The van der Waals surface area contributed by atoms with Gasteiger partial charge in [-0.05, 0) is 30.7 Å². The first-order valence-corrected chi connectivity index (χ1v) is 5.53. The Hall–Kier alpha value is -2.09. The van der Waals surface area contributed by atoms with Crippen LogP contribution in [0.3, 0.4) is 0 Å². The van der Waals surface area contributed by atoms with Crippen molar-refractivity contribution in [3.8, 4) is 5.75 Å². The second-order valence-corrected chi connectivity index (χ2v) is 4.14. The van der Waals surface area contributed by atoms with Gasteiger partial charge >= 0.3 is 0 Å². The molecule has 0 saturated heterocycles. The van der Waals surface area contributed by atoms with Crippen LogP contribution in [0.25, 0.3) is 0 Å². The molecule has 0 aromatic heterocycles. The number of rotatable bonds is 3. The Balaban J connectivity index is 2.14. The first kappa shape index (κ1) is 11.4. The fourth-order valence-electron chi connectivity index (χ4n) is 1.72. The van der Waals surface area contributed by atoms with E-state index in [1.807, 2.05) is 31.2 Å². The Bertz CT molecular complexity index is 527. The second kappa shape index (κ2) is 4.83. The minimum atomic E-state index is 0.0967. The van der Waals surface area contributed by atoms with Crippen molar-refractivity contribution in [1.29, 1.82) is 0 Å². The number of carbonyl (C=O) groups excluding carboxylic acids is 1. The molecule has 17 heavy (non-hydrogen) atoms. The molecule has 2 rings (SSSR count). The van der Waals surface area contributed by atoms with E-state index in [1.165, 1.54) is 0 Å². The van der Waals surface area contributed by atoms with E-state index in [9.17, 15) is 4.79 Å². The summed E-state index contributed by atoms with van der Waals surface area (Å²) in [6, 6.07) is 14.3. The molecule has 2 aromatic carbocycles. The van der Waals surface area contributed by atoms with Gasteiger partial charge in [-0.2, -0.15) is 0 Å². The minimum Gasteiger partial charge on any atom is -0.508 e. The van der Waals surface area contributed by atoms with E-state index in [4.69, 9.17) is 5.11 Å². The highest BCUT2D eigenvalue weighted by molar-refractivity contribution is 5.97. The zero-order valence-electron chi connectivity index (χ0n) is 9.68. The van der Waals surface area contributed by atoms with Gasteiger partial charge in [0, 0.05) is 12.0 Å². The Labute approximate surface area is 101 Å². The molecule has 0 fully saturated rings. The monoisotopic (exact) mass is 226 g/mol. The summed E-state index contributed by atoms with van der Waals surface area (Å²) in [5, 5.41) is 9.16. The lowest BCUT2D eigenvalue weighted by atomic mass is 10.0. The molecule has 0 bridgehead atoms. The van der Waals surface area contributed by atoms with E-state index in [2.05, 4.69) is 0 Å². The van der Waals surface area contributed by atoms with E-state index in [0.29, 0.717) is 6.42 Å². The van der Waals surface area contributed by atoms with Crippen LogP contribution in [0, 0.1) is 6.92 Å². The third-order valence-corrected chi connectivity index (χ3v) is 2.64. The topological polar surface area (TPSA) is 37.3 Å². The summed E-state index contributed by atoms with van der Waals surface area (Å²) in [5.74, 6) is 0.316. The van der Waals surface area contributed by atoms with E-state index in [1.54, 1.807) is 24.3 Å². The molecule has 0 atom stereocenters.